The Kier molecular flexibility index (Phi) is 3.28. The predicted molar refractivity (Wildman–Crippen MR) is 56.5 cm³/mol. The van der Waals surface area contributed by atoms with Gasteiger partial charge in [-0.1, -0.05) is 20.8 Å². The van der Waals surface area contributed by atoms with Gasteiger partial charge in [-0.15, -0.1) is 0 Å². The summed E-state index contributed by atoms with van der Waals surface area (Å²) in [5, 5.41) is 3.21. The minimum atomic E-state index is 0.227. The fraction of sp³-hybridized carbons (Fsp3) is 0.600. The van der Waals surface area contributed by atoms with Crippen molar-refractivity contribution in [3.8, 4) is 5.88 Å². The molecule has 14 heavy (non-hydrogen) atoms. The highest BCUT2D eigenvalue weighted by Crippen LogP contribution is 2.14. The Hall–Kier alpha value is -1.32. The van der Waals surface area contributed by atoms with Crippen molar-refractivity contribution in [2.75, 3.05) is 19.0 Å². The number of hydrogen-bond donors (Lipinski definition) is 1. The highest BCUT2D eigenvalue weighted by molar-refractivity contribution is 5.33. The molecule has 0 fully saturated rings. The van der Waals surface area contributed by atoms with Gasteiger partial charge in [0.15, 0.2) is 0 Å². The molecule has 0 unspecified atom stereocenters. The molecular weight excluding hydrogens is 178 g/mol. The van der Waals surface area contributed by atoms with Crippen LogP contribution in [0.5, 0.6) is 5.88 Å². The van der Waals surface area contributed by atoms with E-state index in [4.69, 9.17) is 4.74 Å². The number of methoxy groups -OCH3 is 1. The van der Waals surface area contributed by atoms with E-state index in [1.807, 2.05) is 0 Å². The Bertz CT molecular complexity index is 294. The Morgan fingerprint density at radius 2 is 2.07 bits per heavy atom. The monoisotopic (exact) mass is 195 g/mol. The molecule has 0 atom stereocenters. The minimum absolute atomic E-state index is 0.227. The molecule has 4 heteroatoms. The van der Waals surface area contributed by atoms with E-state index in [9.17, 15) is 0 Å². The third-order valence-electron chi connectivity index (χ3n) is 1.62. The van der Waals surface area contributed by atoms with Crippen LogP contribution in [0.4, 0.5) is 5.82 Å². The second-order valence-electron chi connectivity index (χ2n) is 4.36. The minimum Gasteiger partial charge on any atom is -0.480 e. The van der Waals surface area contributed by atoms with Crippen LogP contribution >= 0.6 is 0 Å². The second-order valence-corrected chi connectivity index (χ2v) is 4.36. The van der Waals surface area contributed by atoms with Crippen molar-refractivity contribution in [2.24, 2.45) is 5.41 Å². The van der Waals surface area contributed by atoms with Gasteiger partial charge in [-0.05, 0) is 5.41 Å². The maximum Gasteiger partial charge on any atom is 0.233 e. The summed E-state index contributed by atoms with van der Waals surface area (Å²) >= 11 is 0. The summed E-state index contributed by atoms with van der Waals surface area (Å²) in [5.74, 6) is 1.28. The molecular formula is C10H17N3O. The second kappa shape index (κ2) is 4.26. The molecule has 1 N–H and O–H groups in total. The highest BCUT2D eigenvalue weighted by atomic mass is 16.5. The third-order valence-corrected chi connectivity index (χ3v) is 1.62. The van der Waals surface area contributed by atoms with Crippen LogP contribution in [0, 0.1) is 5.41 Å². The summed E-state index contributed by atoms with van der Waals surface area (Å²) in [5.41, 5.74) is 0.227. The molecule has 4 nitrogen and oxygen atoms in total. The van der Waals surface area contributed by atoms with Crippen LogP contribution in [0.1, 0.15) is 20.8 Å². The molecule has 0 spiro atoms. The predicted octanol–water partition coefficient (Wildman–Crippen LogP) is 1.94. The van der Waals surface area contributed by atoms with E-state index in [1.54, 1.807) is 19.5 Å². The number of anilines is 1. The average Bonchev–Trinajstić information content (AvgIpc) is 2.14. The van der Waals surface area contributed by atoms with Gasteiger partial charge in [-0.3, -0.25) is 4.98 Å². The van der Waals surface area contributed by atoms with Crippen molar-refractivity contribution in [3.63, 3.8) is 0 Å². The van der Waals surface area contributed by atoms with Crippen LogP contribution in [0.15, 0.2) is 12.4 Å². The summed E-state index contributed by atoms with van der Waals surface area (Å²) in [7, 11) is 1.58. The number of ether oxygens (including phenoxy) is 1. The normalized spacial score (nSPS) is 11.1. The van der Waals surface area contributed by atoms with E-state index in [-0.39, 0.29) is 5.41 Å². The first-order valence-electron chi connectivity index (χ1n) is 4.61. The summed E-state index contributed by atoms with van der Waals surface area (Å²) in [6.07, 6.45) is 3.27. The van der Waals surface area contributed by atoms with Crippen molar-refractivity contribution in [3.05, 3.63) is 12.4 Å². The number of aromatic nitrogens is 2. The summed E-state index contributed by atoms with van der Waals surface area (Å²) in [6.45, 7) is 7.34. The number of nitrogens with one attached hydrogen (secondary N) is 1. The molecule has 0 aliphatic rings. The maximum atomic E-state index is 4.97. The topological polar surface area (TPSA) is 47.0 Å². The first-order chi connectivity index (χ1) is 6.51. The summed E-state index contributed by atoms with van der Waals surface area (Å²) in [4.78, 5) is 8.20. The summed E-state index contributed by atoms with van der Waals surface area (Å²) < 4.78 is 4.97. The molecule has 0 saturated heterocycles. The molecule has 78 valence electrons. The number of nitrogens with zero attached hydrogens (tertiary/aromatic N) is 2. The fourth-order valence-electron chi connectivity index (χ4n) is 0.887. The van der Waals surface area contributed by atoms with E-state index in [0.29, 0.717) is 5.88 Å². The lowest BCUT2D eigenvalue weighted by Crippen LogP contribution is -2.19. The molecule has 0 amide bonds. The van der Waals surface area contributed by atoms with Gasteiger partial charge >= 0.3 is 0 Å². The van der Waals surface area contributed by atoms with Gasteiger partial charge in [0, 0.05) is 6.54 Å². The Morgan fingerprint density at radius 1 is 1.36 bits per heavy atom. The van der Waals surface area contributed by atoms with Gasteiger partial charge in [0.2, 0.25) is 5.88 Å². The van der Waals surface area contributed by atoms with Crippen molar-refractivity contribution in [2.45, 2.75) is 20.8 Å². The maximum absolute atomic E-state index is 4.97. The van der Waals surface area contributed by atoms with Crippen molar-refractivity contribution >= 4 is 5.82 Å². The van der Waals surface area contributed by atoms with E-state index < -0.39 is 0 Å². The largest absolute Gasteiger partial charge is 0.480 e. The van der Waals surface area contributed by atoms with Crippen LogP contribution in [-0.4, -0.2) is 23.6 Å². The van der Waals surface area contributed by atoms with Gasteiger partial charge in [0.05, 0.1) is 19.5 Å². The molecule has 0 aliphatic carbocycles. The van der Waals surface area contributed by atoms with Crippen LogP contribution in [0.25, 0.3) is 0 Å². The van der Waals surface area contributed by atoms with Crippen molar-refractivity contribution in [1.29, 1.82) is 0 Å². The van der Waals surface area contributed by atoms with E-state index in [1.165, 1.54) is 0 Å². The third kappa shape index (κ3) is 3.60. The lowest BCUT2D eigenvalue weighted by molar-refractivity contribution is 0.395. The zero-order valence-electron chi connectivity index (χ0n) is 9.16. The zero-order valence-corrected chi connectivity index (χ0v) is 9.16. The first-order valence-corrected chi connectivity index (χ1v) is 4.61. The molecule has 1 aromatic heterocycles. The molecule has 1 rings (SSSR count). The van der Waals surface area contributed by atoms with E-state index in [2.05, 4.69) is 36.1 Å². The van der Waals surface area contributed by atoms with Gasteiger partial charge < -0.3 is 10.1 Å². The van der Waals surface area contributed by atoms with Gasteiger partial charge in [0.1, 0.15) is 5.82 Å². The van der Waals surface area contributed by atoms with Crippen molar-refractivity contribution in [1.82, 2.24) is 9.97 Å². The highest BCUT2D eigenvalue weighted by Gasteiger charge is 2.09. The van der Waals surface area contributed by atoms with E-state index in [0.717, 1.165) is 12.4 Å². The van der Waals surface area contributed by atoms with Crippen LogP contribution in [0.3, 0.4) is 0 Å². The smallest absolute Gasteiger partial charge is 0.233 e. The zero-order chi connectivity index (χ0) is 10.6. The van der Waals surface area contributed by atoms with Crippen LogP contribution in [-0.2, 0) is 0 Å². The van der Waals surface area contributed by atoms with E-state index >= 15 is 0 Å². The molecule has 0 radical (unpaired) electrons. The Balaban J connectivity index is 2.59. The molecule has 0 aromatic carbocycles. The SMILES string of the molecule is COc1cncc(NCC(C)(C)C)n1. The lowest BCUT2D eigenvalue weighted by atomic mass is 9.97. The quantitative estimate of drug-likeness (QED) is 0.800. The molecule has 1 heterocycles. The lowest BCUT2D eigenvalue weighted by Gasteiger charge is -2.18. The number of hydrogen-bond acceptors (Lipinski definition) is 4. The number of rotatable bonds is 3. The molecule has 0 bridgehead atoms. The van der Waals surface area contributed by atoms with Gasteiger partial charge in [-0.25, -0.2) is 0 Å². The van der Waals surface area contributed by atoms with Crippen molar-refractivity contribution < 1.29 is 4.74 Å². The molecule has 0 aliphatic heterocycles. The average molecular weight is 195 g/mol. The fourth-order valence-corrected chi connectivity index (χ4v) is 0.887. The van der Waals surface area contributed by atoms with Crippen LogP contribution in [0.2, 0.25) is 0 Å². The van der Waals surface area contributed by atoms with Gasteiger partial charge in [0.25, 0.3) is 0 Å². The molecule has 0 saturated carbocycles. The Morgan fingerprint density at radius 3 is 2.64 bits per heavy atom. The first kappa shape index (κ1) is 10.8. The van der Waals surface area contributed by atoms with Gasteiger partial charge in [-0.2, -0.15) is 4.98 Å². The standard InChI is InChI=1S/C10H17N3O/c1-10(2,3)7-12-8-5-11-6-9(13-8)14-4/h5-6H,7H2,1-4H3,(H,12,13). The summed E-state index contributed by atoms with van der Waals surface area (Å²) in [6, 6.07) is 0. The Labute approximate surface area is 84.7 Å². The molecule has 1 aromatic rings. The van der Waals surface area contributed by atoms with Crippen LogP contribution < -0.4 is 10.1 Å².